The number of benzene rings is 2. The number of nitrogen functional groups attached to an aromatic ring is 1. The average Bonchev–Trinajstić information content (AvgIpc) is 2.61. The number of halogens is 1. The second-order valence-corrected chi connectivity index (χ2v) is 5.80. The monoisotopic (exact) mass is 357 g/mol. The molecule has 0 saturated carbocycles. The van der Waals surface area contributed by atoms with Crippen LogP contribution >= 0.6 is 11.6 Å². The van der Waals surface area contributed by atoms with E-state index in [1.54, 1.807) is 31.2 Å². The molecule has 0 radical (unpaired) electrons. The Morgan fingerprint density at radius 3 is 2.64 bits per heavy atom. The molecule has 0 amide bonds. The van der Waals surface area contributed by atoms with Crippen LogP contribution in [0.2, 0.25) is 5.02 Å². The highest BCUT2D eigenvalue weighted by Crippen LogP contribution is 2.18. The van der Waals surface area contributed by atoms with E-state index in [1.807, 2.05) is 24.3 Å². The van der Waals surface area contributed by atoms with Gasteiger partial charge >= 0.3 is 5.97 Å². The van der Waals surface area contributed by atoms with E-state index in [0.717, 1.165) is 5.39 Å². The summed E-state index contributed by atoms with van der Waals surface area (Å²) >= 11 is 5.81. The minimum absolute atomic E-state index is 0.0812. The molecule has 1 aromatic heterocycles. The average molecular weight is 358 g/mol. The first-order valence-corrected chi connectivity index (χ1v) is 8.01. The number of aromatic nitrogens is 2. The number of fused-ring (bicyclic) bond motifs is 1. The molecule has 0 spiro atoms. The summed E-state index contributed by atoms with van der Waals surface area (Å²) < 4.78 is 10.7. The van der Waals surface area contributed by atoms with Gasteiger partial charge < -0.3 is 15.2 Å². The number of nitrogens with zero attached hydrogens (tertiary/aromatic N) is 2. The molecule has 0 aliphatic carbocycles. The minimum Gasteiger partial charge on any atom is -0.479 e. The van der Waals surface area contributed by atoms with Crippen LogP contribution in [-0.4, -0.2) is 22.0 Å². The van der Waals surface area contributed by atoms with Gasteiger partial charge in [0.1, 0.15) is 11.6 Å². The molecular formula is C18H16ClN3O3. The Hall–Kier alpha value is -2.86. The molecule has 0 fully saturated rings. The Bertz CT molecular complexity index is 900. The lowest BCUT2D eigenvalue weighted by Crippen LogP contribution is -2.26. The molecule has 0 aliphatic rings. The third kappa shape index (κ3) is 4.16. The van der Waals surface area contributed by atoms with Crippen molar-refractivity contribution in [1.29, 1.82) is 0 Å². The van der Waals surface area contributed by atoms with Crippen LogP contribution in [0.25, 0.3) is 10.9 Å². The van der Waals surface area contributed by atoms with Gasteiger partial charge in [-0.2, -0.15) is 0 Å². The summed E-state index contributed by atoms with van der Waals surface area (Å²) in [6.07, 6.45) is -0.779. The Morgan fingerprint density at radius 2 is 1.88 bits per heavy atom. The number of carbonyl (C=O) groups is 1. The largest absolute Gasteiger partial charge is 0.479 e. The van der Waals surface area contributed by atoms with Crippen molar-refractivity contribution >= 4 is 34.3 Å². The number of rotatable bonds is 5. The van der Waals surface area contributed by atoms with Crippen molar-refractivity contribution in [3.8, 4) is 5.75 Å². The predicted octanol–water partition coefficient (Wildman–Crippen LogP) is 3.38. The first kappa shape index (κ1) is 17.0. The number of esters is 1. The van der Waals surface area contributed by atoms with Gasteiger partial charge in [-0.1, -0.05) is 23.7 Å². The van der Waals surface area contributed by atoms with Crippen molar-refractivity contribution < 1.29 is 14.3 Å². The van der Waals surface area contributed by atoms with Crippen LogP contribution in [0.5, 0.6) is 5.75 Å². The number of para-hydroxylation sites is 1. The van der Waals surface area contributed by atoms with Crippen LogP contribution in [0.3, 0.4) is 0 Å². The molecule has 128 valence electrons. The van der Waals surface area contributed by atoms with Crippen molar-refractivity contribution in [2.24, 2.45) is 0 Å². The molecule has 2 aromatic carbocycles. The highest BCUT2D eigenvalue weighted by Gasteiger charge is 2.17. The summed E-state index contributed by atoms with van der Waals surface area (Å²) in [6.45, 7) is 1.52. The third-order valence-corrected chi connectivity index (χ3v) is 3.73. The Balaban J connectivity index is 1.62. The zero-order valence-corrected chi connectivity index (χ0v) is 14.2. The smallest absolute Gasteiger partial charge is 0.347 e. The van der Waals surface area contributed by atoms with Crippen molar-refractivity contribution in [2.75, 3.05) is 5.73 Å². The molecule has 0 bridgehead atoms. The van der Waals surface area contributed by atoms with Crippen molar-refractivity contribution in [1.82, 2.24) is 9.97 Å². The SMILES string of the molecule is C[C@H](Oc1ccc(Cl)cc1)C(=O)OCc1nc(N)c2ccccc2n1. The second-order valence-electron chi connectivity index (χ2n) is 5.36. The molecule has 0 aliphatic heterocycles. The third-order valence-electron chi connectivity index (χ3n) is 3.48. The fraction of sp³-hybridized carbons (Fsp3) is 0.167. The molecule has 6 nitrogen and oxygen atoms in total. The number of hydrogen-bond donors (Lipinski definition) is 1. The molecule has 0 unspecified atom stereocenters. The highest BCUT2D eigenvalue weighted by molar-refractivity contribution is 6.30. The van der Waals surface area contributed by atoms with Crippen LogP contribution in [0.1, 0.15) is 12.7 Å². The molecule has 3 rings (SSSR count). The maximum Gasteiger partial charge on any atom is 0.347 e. The minimum atomic E-state index is -0.779. The normalized spacial score (nSPS) is 11.9. The topological polar surface area (TPSA) is 87.3 Å². The van der Waals surface area contributed by atoms with Crippen molar-refractivity contribution in [3.63, 3.8) is 0 Å². The van der Waals surface area contributed by atoms with Crippen LogP contribution in [0.15, 0.2) is 48.5 Å². The van der Waals surface area contributed by atoms with Gasteiger partial charge in [0.15, 0.2) is 18.5 Å². The predicted molar refractivity (Wildman–Crippen MR) is 95.3 cm³/mol. The van der Waals surface area contributed by atoms with Gasteiger partial charge in [-0.15, -0.1) is 0 Å². The maximum absolute atomic E-state index is 12.1. The number of carbonyl (C=O) groups excluding carboxylic acids is 1. The summed E-state index contributed by atoms with van der Waals surface area (Å²) in [5.74, 6) is 0.690. The molecule has 3 aromatic rings. The molecule has 1 atom stereocenters. The fourth-order valence-corrected chi connectivity index (χ4v) is 2.36. The zero-order valence-electron chi connectivity index (χ0n) is 13.5. The van der Waals surface area contributed by atoms with E-state index in [-0.39, 0.29) is 6.61 Å². The van der Waals surface area contributed by atoms with E-state index in [9.17, 15) is 4.79 Å². The van der Waals surface area contributed by atoms with Gasteiger partial charge in [0.2, 0.25) is 0 Å². The van der Waals surface area contributed by atoms with E-state index in [2.05, 4.69) is 9.97 Å². The van der Waals surface area contributed by atoms with E-state index in [1.165, 1.54) is 0 Å². The summed E-state index contributed by atoms with van der Waals surface area (Å²) in [5, 5.41) is 1.35. The number of anilines is 1. The van der Waals surface area contributed by atoms with E-state index in [4.69, 9.17) is 26.8 Å². The Morgan fingerprint density at radius 1 is 1.16 bits per heavy atom. The van der Waals surface area contributed by atoms with Gasteiger partial charge in [0.25, 0.3) is 0 Å². The van der Waals surface area contributed by atoms with Crippen molar-refractivity contribution in [3.05, 3.63) is 59.4 Å². The molecular weight excluding hydrogens is 342 g/mol. The van der Waals surface area contributed by atoms with Crippen LogP contribution in [0.4, 0.5) is 5.82 Å². The lowest BCUT2D eigenvalue weighted by Gasteiger charge is -2.14. The number of nitrogens with two attached hydrogens (primary N) is 1. The molecule has 0 saturated heterocycles. The van der Waals surface area contributed by atoms with Crippen LogP contribution < -0.4 is 10.5 Å². The summed E-state index contributed by atoms with van der Waals surface area (Å²) in [7, 11) is 0. The number of ether oxygens (including phenoxy) is 2. The van der Waals surface area contributed by atoms with E-state index < -0.39 is 12.1 Å². The zero-order chi connectivity index (χ0) is 17.8. The molecule has 1 heterocycles. The van der Waals surface area contributed by atoms with Crippen LogP contribution in [0, 0.1) is 0 Å². The summed E-state index contributed by atoms with van der Waals surface area (Å²) in [4.78, 5) is 20.6. The Kier molecular flexibility index (Phi) is 5.00. The summed E-state index contributed by atoms with van der Waals surface area (Å²) in [5.41, 5.74) is 6.61. The molecule has 7 heteroatoms. The van der Waals surface area contributed by atoms with Crippen LogP contribution in [-0.2, 0) is 16.1 Å². The summed E-state index contributed by atoms with van der Waals surface area (Å²) in [6, 6.07) is 14.1. The van der Waals surface area contributed by atoms with E-state index >= 15 is 0 Å². The maximum atomic E-state index is 12.1. The molecule has 2 N–H and O–H groups in total. The second kappa shape index (κ2) is 7.36. The van der Waals surface area contributed by atoms with Crippen molar-refractivity contribution in [2.45, 2.75) is 19.6 Å². The Labute approximate surface area is 149 Å². The van der Waals surface area contributed by atoms with Gasteiger partial charge in [-0.05, 0) is 43.3 Å². The standard InChI is InChI=1S/C18H16ClN3O3/c1-11(25-13-8-6-12(19)7-9-13)18(23)24-10-16-21-15-5-3-2-4-14(15)17(20)22-16/h2-9,11H,10H2,1H3,(H2,20,21,22)/t11-/m0/s1. The lowest BCUT2D eigenvalue weighted by molar-refractivity contribution is -0.152. The molecule has 25 heavy (non-hydrogen) atoms. The van der Waals surface area contributed by atoms with Gasteiger partial charge in [-0.3, -0.25) is 0 Å². The van der Waals surface area contributed by atoms with Gasteiger partial charge in [0.05, 0.1) is 5.52 Å². The first-order valence-electron chi connectivity index (χ1n) is 7.63. The fourth-order valence-electron chi connectivity index (χ4n) is 2.23. The van der Waals surface area contributed by atoms with Gasteiger partial charge in [0, 0.05) is 10.4 Å². The number of hydrogen-bond acceptors (Lipinski definition) is 6. The van der Waals surface area contributed by atoms with Gasteiger partial charge in [-0.25, -0.2) is 14.8 Å². The quantitative estimate of drug-likeness (QED) is 0.704. The lowest BCUT2D eigenvalue weighted by atomic mass is 10.2. The van der Waals surface area contributed by atoms with E-state index in [0.29, 0.717) is 27.9 Å². The first-order chi connectivity index (χ1) is 12.0. The highest BCUT2D eigenvalue weighted by atomic mass is 35.5.